The maximum atomic E-state index is 11.7. The average Bonchev–Trinajstić information content (AvgIpc) is 2.68. The van der Waals surface area contributed by atoms with E-state index in [2.05, 4.69) is 36.7 Å². The molecule has 27 heavy (non-hydrogen) atoms. The standard InChI is InChI=1S/C19H26N6O2/c1-14(2)20-19(26)21-17-8-9-18(23-22-17)25-12-10-24(11-13-25)15-6-4-5-7-16(15)27-3/h4-9,14H,10-13H2,1-3H3,(H2,20,21,22,26). The second kappa shape index (κ2) is 8.57. The predicted octanol–water partition coefficient (Wildman–Crippen LogP) is 2.34. The summed E-state index contributed by atoms with van der Waals surface area (Å²) in [5.41, 5.74) is 1.11. The van der Waals surface area contributed by atoms with Gasteiger partial charge in [0.05, 0.1) is 12.8 Å². The van der Waals surface area contributed by atoms with E-state index in [0.717, 1.165) is 43.4 Å². The highest BCUT2D eigenvalue weighted by atomic mass is 16.5. The first-order valence-electron chi connectivity index (χ1n) is 9.11. The predicted molar refractivity (Wildman–Crippen MR) is 107 cm³/mol. The first-order valence-corrected chi connectivity index (χ1v) is 9.11. The number of nitrogens with zero attached hydrogens (tertiary/aromatic N) is 4. The van der Waals surface area contributed by atoms with Crippen LogP contribution in [0.15, 0.2) is 36.4 Å². The molecule has 0 radical (unpaired) electrons. The summed E-state index contributed by atoms with van der Waals surface area (Å²) in [6, 6.07) is 11.5. The number of anilines is 3. The number of carbonyl (C=O) groups excluding carboxylic acids is 1. The van der Waals surface area contributed by atoms with Crippen LogP contribution in [0.25, 0.3) is 0 Å². The van der Waals surface area contributed by atoms with Crippen LogP contribution in [0.2, 0.25) is 0 Å². The SMILES string of the molecule is COc1ccccc1N1CCN(c2ccc(NC(=O)NC(C)C)nn2)CC1. The van der Waals surface area contributed by atoms with E-state index in [1.165, 1.54) is 0 Å². The minimum Gasteiger partial charge on any atom is -0.495 e. The lowest BCUT2D eigenvalue weighted by molar-refractivity contribution is 0.250. The summed E-state index contributed by atoms with van der Waals surface area (Å²) in [5, 5.41) is 13.8. The number of amides is 2. The second-order valence-electron chi connectivity index (χ2n) is 6.68. The van der Waals surface area contributed by atoms with Crippen molar-refractivity contribution in [2.75, 3.05) is 48.4 Å². The Kier molecular flexibility index (Phi) is 5.95. The normalized spacial score (nSPS) is 14.2. The van der Waals surface area contributed by atoms with Crippen LogP contribution in [0, 0.1) is 0 Å². The fraction of sp³-hybridized carbons (Fsp3) is 0.421. The Balaban J connectivity index is 1.57. The molecule has 1 aromatic carbocycles. The lowest BCUT2D eigenvalue weighted by Gasteiger charge is -2.37. The third-order valence-corrected chi connectivity index (χ3v) is 4.34. The fourth-order valence-electron chi connectivity index (χ4n) is 3.04. The van der Waals surface area contributed by atoms with Crippen LogP contribution in [-0.4, -0.2) is 55.6 Å². The number of rotatable bonds is 5. The van der Waals surface area contributed by atoms with Gasteiger partial charge in [0.15, 0.2) is 11.6 Å². The lowest BCUT2D eigenvalue weighted by Crippen LogP contribution is -2.47. The van der Waals surface area contributed by atoms with Gasteiger partial charge in [0.2, 0.25) is 0 Å². The van der Waals surface area contributed by atoms with Gasteiger partial charge in [-0.25, -0.2) is 4.79 Å². The zero-order valence-electron chi connectivity index (χ0n) is 16.0. The maximum Gasteiger partial charge on any atom is 0.320 e. The monoisotopic (exact) mass is 370 g/mol. The minimum atomic E-state index is -0.280. The number of carbonyl (C=O) groups is 1. The number of hydrogen-bond acceptors (Lipinski definition) is 6. The Hall–Kier alpha value is -3.03. The molecule has 0 unspecified atom stereocenters. The first kappa shape index (κ1) is 18.8. The van der Waals surface area contributed by atoms with Crippen molar-refractivity contribution < 1.29 is 9.53 Å². The van der Waals surface area contributed by atoms with Crippen molar-refractivity contribution in [3.63, 3.8) is 0 Å². The summed E-state index contributed by atoms with van der Waals surface area (Å²) < 4.78 is 5.46. The molecule has 8 nitrogen and oxygen atoms in total. The van der Waals surface area contributed by atoms with Crippen LogP contribution in [0.5, 0.6) is 5.75 Å². The van der Waals surface area contributed by atoms with E-state index in [-0.39, 0.29) is 12.1 Å². The molecule has 0 atom stereocenters. The topological polar surface area (TPSA) is 82.6 Å². The molecule has 0 spiro atoms. The van der Waals surface area contributed by atoms with E-state index < -0.39 is 0 Å². The molecule has 0 saturated carbocycles. The van der Waals surface area contributed by atoms with Crippen molar-refractivity contribution >= 4 is 23.4 Å². The maximum absolute atomic E-state index is 11.7. The summed E-state index contributed by atoms with van der Waals surface area (Å²) in [7, 11) is 1.70. The van der Waals surface area contributed by atoms with Crippen LogP contribution >= 0.6 is 0 Å². The average molecular weight is 370 g/mol. The molecule has 1 aromatic heterocycles. The van der Waals surface area contributed by atoms with E-state index in [9.17, 15) is 4.79 Å². The third-order valence-electron chi connectivity index (χ3n) is 4.34. The zero-order valence-corrected chi connectivity index (χ0v) is 16.0. The zero-order chi connectivity index (χ0) is 19.2. The molecule has 144 valence electrons. The molecule has 1 saturated heterocycles. The smallest absolute Gasteiger partial charge is 0.320 e. The summed E-state index contributed by atoms with van der Waals surface area (Å²) in [4.78, 5) is 16.2. The Bertz CT molecular complexity index is 757. The molecular weight excluding hydrogens is 344 g/mol. The second-order valence-corrected chi connectivity index (χ2v) is 6.68. The highest BCUT2D eigenvalue weighted by Gasteiger charge is 2.20. The number of benzene rings is 1. The number of para-hydroxylation sites is 2. The number of hydrogen-bond donors (Lipinski definition) is 2. The lowest BCUT2D eigenvalue weighted by atomic mass is 10.2. The van der Waals surface area contributed by atoms with Crippen LogP contribution in [0.1, 0.15) is 13.8 Å². The van der Waals surface area contributed by atoms with Gasteiger partial charge in [0.1, 0.15) is 5.75 Å². The molecule has 1 fully saturated rings. The van der Waals surface area contributed by atoms with Gasteiger partial charge >= 0.3 is 6.03 Å². The molecule has 2 heterocycles. The first-order chi connectivity index (χ1) is 13.1. The number of nitrogens with one attached hydrogen (secondary N) is 2. The molecule has 3 rings (SSSR count). The van der Waals surface area contributed by atoms with E-state index in [4.69, 9.17) is 4.74 Å². The van der Waals surface area contributed by atoms with Crippen molar-refractivity contribution in [1.82, 2.24) is 15.5 Å². The van der Waals surface area contributed by atoms with Crippen molar-refractivity contribution in [2.45, 2.75) is 19.9 Å². The number of aromatic nitrogens is 2. The van der Waals surface area contributed by atoms with Crippen LogP contribution in [0.3, 0.4) is 0 Å². The quantitative estimate of drug-likeness (QED) is 0.841. The summed E-state index contributed by atoms with van der Waals surface area (Å²) in [6.07, 6.45) is 0. The van der Waals surface area contributed by atoms with Crippen LogP contribution in [-0.2, 0) is 0 Å². The molecular formula is C19H26N6O2. The van der Waals surface area contributed by atoms with Crippen LogP contribution < -0.4 is 25.2 Å². The molecule has 2 amide bonds. The van der Waals surface area contributed by atoms with Gasteiger partial charge in [0.25, 0.3) is 0 Å². The molecule has 0 aliphatic carbocycles. The minimum absolute atomic E-state index is 0.0665. The number of piperazine rings is 1. The van der Waals surface area contributed by atoms with Gasteiger partial charge in [-0.05, 0) is 38.1 Å². The Morgan fingerprint density at radius 3 is 2.37 bits per heavy atom. The largest absolute Gasteiger partial charge is 0.495 e. The number of methoxy groups -OCH3 is 1. The fourth-order valence-corrected chi connectivity index (χ4v) is 3.04. The van der Waals surface area contributed by atoms with Gasteiger partial charge < -0.3 is 19.9 Å². The molecule has 8 heteroatoms. The highest BCUT2D eigenvalue weighted by Crippen LogP contribution is 2.28. The number of ether oxygens (including phenoxy) is 1. The van der Waals surface area contributed by atoms with Gasteiger partial charge in [-0.15, -0.1) is 10.2 Å². The van der Waals surface area contributed by atoms with Crippen molar-refractivity contribution in [2.24, 2.45) is 0 Å². The summed E-state index contributed by atoms with van der Waals surface area (Å²) in [6.45, 7) is 7.23. The van der Waals surface area contributed by atoms with Crippen molar-refractivity contribution in [3.05, 3.63) is 36.4 Å². The number of urea groups is 1. The van der Waals surface area contributed by atoms with E-state index >= 15 is 0 Å². The summed E-state index contributed by atoms with van der Waals surface area (Å²) in [5.74, 6) is 2.13. The van der Waals surface area contributed by atoms with Gasteiger partial charge in [-0.2, -0.15) is 0 Å². The summed E-state index contributed by atoms with van der Waals surface area (Å²) >= 11 is 0. The Labute approximate surface area is 159 Å². The molecule has 2 N–H and O–H groups in total. The van der Waals surface area contributed by atoms with E-state index in [0.29, 0.717) is 5.82 Å². The molecule has 0 bridgehead atoms. The molecule has 1 aliphatic rings. The molecule has 1 aliphatic heterocycles. The highest BCUT2D eigenvalue weighted by molar-refractivity contribution is 5.88. The van der Waals surface area contributed by atoms with E-state index in [1.807, 2.05) is 38.1 Å². The van der Waals surface area contributed by atoms with Gasteiger partial charge in [-0.1, -0.05) is 12.1 Å². The molecule has 2 aromatic rings. The third kappa shape index (κ3) is 4.78. The Morgan fingerprint density at radius 2 is 1.74 bits per heavy atom. The van der Waals surface area contributed by atoms with Gasteiger partial charge in [0, 0.05) is 32.2 Å². The van der Waals surface area contributed by atoms with Crippen molar-refractivity contribution in [1.29, 1.82) is 0 Å². The van der Waals surface area contributed by atoms with Gasteiger partial charge in [-0.3, -0.25) is 5.32 Å². The van der Waals surface area contributed by atoms with Crippen molar-refractivity contribution in [3.8, 4) is 5.75 Å². The van der Waals surface area contributed by atoms with E-state index in [1.54, 1.807) is 13.2 Å². The van der Waals surface area contributed by atoms with Crippen LogP contribution in [0.4, 0.5) is 22.1 Å². The Morgan fingerprint density at radius 1 is 1.04 bits per heavy atom.